The second kappa shape index (κ2) is 6.41. The molecule has 2 aliphatic rings. The molecule has 2 saturated heterocycles. The van der Waals surface area contributed by atoms with Crippen LogP contribution in [0.25, 0.3) is 0 Å². The number of nitrogens with zero attached hydrogens (tertiary/aromatic N) is 1. The van der Waals surface area contributed by atoms with Gasteiger partial charge in [-0.25, -0.2) is 0 Å². The second-order valence-corrected chi connectivity index (χ2v) is 8.12. The predicted octanol–water partition coefficient (Wildman–Crippen LogP) is 2.48. The summed E-state index contributed by atoms with van der Waals surface area (Å²) in [5.41, 5.74) is -0.895. The number of hydrogen-bond donors (Lipinski definition) is 0. The largest absolute Gasteiger partial charge is 0.465 e. The zero-order valence-corrected chi connectivity index (χ0v) is 15.7. The standard InChI is InChI=1S/C20H25NO5/c1-13(14-8-6-5-7-9-14)21-12-20(18(24)26-19(2,3)4)10-16(22)25-11-15(20)17(21)23/h5-9,13,15H,10-12H2,1-4H3/t13-,15+,20-/m1/s1. The van der Waals surface area contributed by atoms with E-state index in [2.05, 4.69) is 0 Å². The monoisotopic (exact) mass is 359 g/mol. The lowest BCUT2D eigenvalue weighted by Gasteiger charge is -2.36. The molecule has 0 N–H and O–H groups in total. The van der Waals surface area contributed by atoms with Crippen LogP contribution in [0.2, 0.25) is 0 Å². The van der Waals surface area contributed by atoms with Crippen LogP contribution in [0.5, 0.6) is 0 Å². The normalized spacial score (nSPS) is 26.9. The number of carbonyl (C=O) groups is 3. The summed E-state index contributed by atoms with van der Waals surface area (Å²) >= 11 is 0. The Hall–Kier alpha value is -2.37. The minimum Gasteiger partial charge on any atom is -0.465 e. The summed E-state index contributed by atoms with van der Waals surface area (Å²) in [4.78, 5) is 39.7. The van der Waals surface area contributed by atoms with Gasteiger partial charge in [-0.05, 0) is 33.3 Å². The van der Waals surface area contributed by atoms with Crippen molar-refractivity contribution in [2.45, 2.75) is 45.8 Å². The molecule has 0 radical (unpaired) electrons. The van der Waals surface area contributed by atoms with Gasteiger partial charge in [0.2, 0.25) is 5.91 Å². The van der Waals surface area contributed by atoms with Crippen LogP contribution in [0.15, 0.2) is 30.3 Å². The van der Waals surface area contributed by atoms with E-state index < -0.39 is 28.9 Å². The number of fused-ring (bicyclic) bond motifs is 1. The SMILES string of the molecule is C[C@H](c1ccccc1)N1C[C@]2(C(=O)OC(C)(C)C)CC(=O)OC[C@H]2C1=O. The Morgan fingerprint density at radius 3 is 2.54 bits per heavy atom. The lowest BCUT2D eigenvalue weighted by atomic mass is 9.74. The minimum atomic E-state index is -1.18. The van der Waals surface area contributed by atoms with Crippen LogP contribution >= 0.6 is 0 Å². The van der Waals surface area contributed by atoms with Gasteiger partial charge in [-0.3, -0.25) is 14.4 Å². The van der Waals surface area contributed by atoms with Gasteiger partial charge in [0, 0.05) is 6.54 Å². The van der Waals surface area contributed by atoms with Crippen LogP contribution < -0.4 is 0 Å². The first-order valence-corrected chi connectivity index (χ1v) is 8.88. The molecule has 0 saturated carbocycles. The van der Waals surface area contributed by atoms with E-state index in [0.717, 1.165) is 5.56 Å². The van der Waals surface area contributed by atoms with E-state index in [4.69, 9.17) is 9.47 Å². The number of hydrogen-bond acceptors (Lipinski definition) is 5. The van der Waals surface area contributed by atoms with E-state index in [0.29, 0.717) is 0 Å². The molecule has 1 aromatic rings. The van der Waals surface area contributed by atoms with Crippen molar-refractivity contribution in [1.82, 2.24) is 4.90 Å². The summed E-state index contributed by atoms with van der Waals surface area (Å²) in [6.07, 6.45) is -0.129. The predicted molar refractivity (Wildman–Crippen MR) is 93.9 cm³/mol. The van der Waals surface area contributed by atoms with E-state index in [9.17, 15) is 14.4 Å². The summed E-state index contributed by atoms with van der Waals surface area (Å²) in [6, 6.07) is 9.43. The van der Waals surface area contributed by atoms with Gasteiger partial charge in [-0.15, -0.1) is 0 Å². The van der Waals surface area contributed by atoms with Crippen molar-refractivity contribution in [3.63, 3.8) is 0 Å². The third-order valence-electron chi connectivity index (χ3n) is 5.13. The summed E-state index contributed by atoms with van der Waals surface area (Å²) < 4.78 is 10.7. The maximum atomic E-state index is 13.1. The topological polar surface area (TPSA) is 72.9 Å². The van der Waals surface area contributed by atoms with Crippen LogP contribution in [0.3, 0.4) is 0 Å². The summed E-state index contributed by atoms with van der Waals surface area (Å²) in [5.74, 6) is -1.82. The molecule has 2 fully saturated rings. The molecule has 3 atom stereocenters. The fraction of sp³-hybridized carbons (Fsp3) is 0.550. The highest BCUT2D eigenvalue weighted by Crippen LogP contribution is 2.47. The van der Waals surface area contributed by atoms with E-state index in [1.165, 1.54) is 0 Å². The molecule has 1 aromatic carbocycles. The van der Waals surface area contributed by atoms with Gasteiger partial charge in [0.15, 0.2) is 0 Å². The Morgan fingerprint density at radius 1 is 1.27 bits per heavy atom. The number of rotatable bonds is 3. The van der Waals surface area contributed by atoms with Gasteiger partial charge in [0.25, 0.3) is 0 Å². The fourth-order valence-corrected chi connectivity index (χ4v) is 3.72. The molecular weight excluding hydrogens is 334 g/mol. The first kappa shape index (κ1) is 18.4. The molecule has 0 spiro atoms. The maximum Gasteiger partial charge on any atom is 0.315 e. The Bertz CT molecular complexity index is 723. The zero-order valence-electron chi connectivity index (χ0n) is 15.7. The van der Waals surface area contributed by atoms with Gasteiger partial charge in [-0.2, -0.15) is 0 Å². The third-order valence-corrected chi connectivity index (χ3v) is 5.13. The molecule has 0 aromatic heterocycles. The Balaban J connectivity index is 1.94. The average molecular weight is 359 g/mol. The Kier molecular flexibility index (Phi) is 4.54. The van der Waals surface area contributed by atoms with Crippen LogP contribution in [0, 0.1) is 11.3 Å². The van der Waals surface area contributed by atoms with Crippen molar-refractivity contribution in [3.8, 4) is 0 Å². The molecule has 1 amide bonds. The highest BCUT2D eigenvalue weighted by molar-refractivity contribution is 5.96. The maximum absolute atomic E-state index is 13.1. The molecule has 0 bridgehead atoms. The highest BCUT2D eigenvalue weighted by atomic mass is 16.6. The highest BCUT2D eigenvalue weighted by Gasteiger charge is 2.62. The third kappa shape index (κ3) is 3.20. The van der Waals surface area contributed by atoms with Crippen molar-refractivity contribution in [3.05, 3.63) is 35.9 Å². The minimum absolute atomic E-state index is 0.0745. The molecule has 6 nitrogen and oxygen atoms in total. The number of carbonyl (C=O) groups excluding carboxylic acids is 3. The summed E-state index contributed by atoms with van der Waals surface area (Å²) in [7, 11) is 0. The fourth-order valence-electron chi connectivity index (χ4n) is 3.72. The first-order chi connectivity index (χ1) is 12.1. The van der Waals surface area contributed by atoms with Gasteiger partial charge in [0.1, 0.15) is 17.6 Å². The number of benzene rings is 1. The lowest BCUT2D eigenvalue weighted by molar-refractivity contribution is -0.183. The molecule has 26 heavy (non-hydrogen) atoms. The molecule has 0 aliphatic carbocycles. The van der Waals surface area contributed by atoms with Gasteiger partial charge in [-0.1, -0.05) is 30.3 Å². The molecular formula is C20H25NO5. The van der Waals surface area contributed by atoms with Crippen molar-refractivity contribution in [2.24, 2.45) is 11.3 Å². The van der Waals surface area contributed by atoms with Gasteiger partial charge < -0.3 is 14.4 Å². The van der Waals surface area contributed by atoms with Crippen LogP contribution in [-0.4, -0.2) is 41.5 Å². The van der Waals surface area contributed by atoms with E-state index in [-0.39, 0.29) is 31.5 Å². The molecule has 0 unspecified atom stereocenters. The van der Waals surface area contributed by atoms with Crippen molar-refractivity contribution in [2.75, 3.05) is 13.2 Å². The molecule has 6 heteroatoms. The van der Waals surface area contributed by atoms with Crippen molar-refractivity contribution in [1.29, 1.82) is 0 Å². The first-order valence-electron chi connectivity index (χ1n) is 8.88. The second-order valence-electron chi connectivity index (χ2n) is 8.12. The Morgan fingerprint density at radius 2 is 1.92 bits per heavy atom. The quantitative estimate of drug-likeness (QED) is 0.775. The van der Waals surface area contributed by atoms with E-state index >= 15 is 0 Å². The van der Waals surface area contributed by atoms with Gasteiger partial charge in [0.05, 0.1) is 18.4 Å². The number of cyclic esters (lactones) is 1. The molecule has 140 valence electrons. The van der Waals surface area contributed by atoms with Crippen LogP contribution in [0.4, 0.5) is 0 Å². The van der Waals surface area contributed by atoms with Crippen LogP contribution in [0.1, 0.15) is 45.7 Å². The summed E-state index contributed by atoms with van der Waals surface area (Å²) in [5, 5.41) is 0. The molecule has 2 aliphatic heterocycles. The van der Waals surface area contributed by atoms with Gasteiger partial charge >= 0.3 is 11.9 Å². The summed E-state index contributed by atoms with van der Waals surface area (Å²) in [6.45, 7) is 7.35. The van der Waals surface area contributed by atoms with E-state index in [1.807, 2.05) is 37.3 Å². The number of esters is 2. The number of ether oxygens (including phenoxy) is 2. The number of likely N-dealkylation sites (tertiary alicyclic amines) is 1. The van der Waals surface area contributed by atoms with Crippen molar-refractivity contribution >= 4 is 17.8 Å². The Labute approximate surface area is 153 Å². The smallest absolute Gasteiger partial charge is 0.315 e. The average Bonchev–Trinajstić information content (AvgIpc) is 2.87. The van der Waals surface area contributed by atoms with Crippen LogP contribution in [-0.2, 0) is 23.9 Å². The number of amides is 1. The zero-order chi connectivity index (χ0) is 19.1. The molecule has 3 rings (SSSR count). The van der Waals surface area contributed by atoms with E-state index in [1.54, 1.807) is 25.7 Å². The lowest BCUT2D eigenvalue weighted by Crippen LogP contribution is -2.49. The van der Waals surface area contributed by atoms with Crippen molar-refractivity contribution < 1.29 is 23.9 Å². The molecule has 2 heterocycles.